The fraction of sp³-hybridized carbons (Fsp3) is 0.500. The lowest BCUT2D eigenvalue weighted by molar-refractivity contribution is -0.140. The Morgan fingerprint density at radius 3 is 2.46 bits per heavy atom. The van der Waals surface area contributed by atoms with Gasteiger partial charge in [0.15, 0.2) is 5.60 Å². The summed E-state index contributed by atoms with van der Waals surface area (Å²) in [5, 5.41) is 53.8. The molecular weight excluding hydrogens is 545 g/mol. The summed E-state index contributed by atoms with van der Waals surface area (Å²) in [6.45, 7) is 0. The van der Waals surface area contributed by atoms with Gasteiger partial charge in [0.1, 0.15) is 22.8 Å². The Labute approximate surface area is 232 Å². The first-order chi connectivity index (χ1) is 19.2. The van der Waals surface area contributed by atoms with E-state index in [9.17, 15) is 43.2 Å². The summed E-state index contributed by atoms with van der Waals surface area (Å²) in [5.41, 5.74) is -1.55. The Bertz CT molecular complexity index is 1510. The lowest BCUT2D eigenvalue weighted by Gasteiger charge is -2.52. The molecule has 1 amide bonds. The van der Waals surface area contributed by atoms with Crippen LogP contribution in [0.5, 0.6) is 5.75 Å². The van der Waals surface area contributed by atoms with E-state index in [4.69, 9.17) is 11.1 Å². The zero-order valence-electron chi connectivity index (χ0n) is 22.0. The molecule has 0 bridgehead atoms. The number of benzene rings is 1. The number of likely N-dealkylation sites (N-methyl/N-ethyl adjacent to an activating group) is 1. The van der Waals surface area contributed by atoms with Crippen LogP contribution in [-0.2, 0) is 22.2 Å². The number of Topliss-reactive ketones (excluding diaryl/α,β-unsaturated/α-hetero) is 1. The van der Waals surface area contributed by atoms with E-state index in [0.29, 0.717) is 12.8 Å². The van der Waals surface area contributed by atoms with E-state index in [2.05, 4.69) is 4.99 Å². The number of phenolic OH excluding ortho intramolecular Hbond substituents is 1. The maximum Gasteiger partial charge on any atom is 0.417 e. The van der Waals surface area contributed by atoms with Crippen molar-refractivity contribution in [1.82, 2.24) is 4.90 Å². The third kappa shape index (κ3) is 3.78. The molecule has 10 nitrogen and oxygen atoms in total. The molecule has 4 aliphatic carbocycles. The molecule has 0 radical (unpaired) electrons. The molecule has 7 N–H and O–H groups in total. The Kier molecular flexibility index (Phi) is 5.96. The van der Waals surface area contributed by atoms with Gasteiger partial charge in [0.25, 0.3) is 5.91 Å². The van der Waals surface area contributed by atoms with Crippen LogP contribution in [0.15, 0.2) is 28.0 Å². The highest BCUT2D eigenvalue weighted by Crippen LogP contribution is 2.55. The van der Waals surface area contributed by atoms with Crippen molar-refractivity contribution < 1.29 is 43.2 Å². The van der Waals surface area contributed by atoms with E-state index in [1.165, 1.54) is 6.21 Å². The second kappa shape index (κ2) is 8.89. The van der Waals surface area contributed by atoms with Crippen LogP contribution in [0.25, 0.3) is 5.76 Å². The van der Waals surface area contributed by atoms with Crippen LogP contribution in [0, 0.1) is 17.2 Å². The number of nitrogens with two attached hydrogens (primary N) is 1. The number of hydrogen-bond acceptors (Lipinski definition) is 9. The number of halogens is 3. The average Bonchev–Trinajstić information content (AvgIpc) is 3.58. The summed E-state index contributed by atoms with van der Waals surface area (Å²) in [5.74, 6) is -6.86. The number of carbonyl (C=O) groups excluding carboxylic acids is 2. The molecule has 5 aliphatic rings. The number of phenols is 1. The number of ketones is 1. The van der Waals surface area contributed by atoms with E-state index >= 15 is 0 Å². The Morgan fingerprint density at radius 2 is 1.90 bits per heavy atom. The van der Waals surface area contributed by atoms with Crippen LogP contribution in [0.2, 0.25) is 0 Å². The Balaban J connectivity index is 1.56. The number of carbonyl (C=O) groups is 2. The number of alkyl halides is 3. The second-order valence-corrected chi connectivity index (χ2v) is 11.6. The van der Waals surface area contributed by atoms with Crippen molar-refractivity contribution in [3.63, 3.8) is 0 Å². The quantitative estimate of drug-likeness (QED) is 0.320. The molecule has 218 valence electrons. The van der Waals surface area contributed by atoms with Gasteiger partial charge in [-0.2, -0.15) is 13.2 Å². The highest BCUT2D eigenvalue weighted by atomic mass is 19.4. The fourth-order valence-electron chi connectivity index (χ4n) is 7.33. The number of nitrogens with zero attached hydrogens (tertiary/aromatic N) is 2. The van der Waals surface area contributed by atoms with Crippen LogP contribution in [-0.4, -0.2) is 73.7 Å². The van der Waals surface area contributed by atoms with Gasteiger partial charge in [0.2, 0.25) is 5.78 Å². The summed E-state index contributed by atoms with van der Waals surface area (Å²) < 4.78 is 43.8. The van der Waals surface area contributed by atoms with Gasteiger partial charge in [-0.15, -0.1) is 0 Å². The average molecular weight is 575 g/mol. The molecule has 2 fully saturated rings. The molecule has 1 aromatic carbocycles. The monoisotopic (exact) mass is 574 g/mol. The lowest BCUT2D eigenvalue weighted by atomic mass is 9.56. The molecule has 1 heterocycles. The fourth-order valence-corrected chi connectivity index (χ4v) is 7.33. The van der Waals surface area contributed by atoms with Gasteiger partial charge in [-0.1, -0.05) is 0 Å². The molecule has 1 aromatic rings. The zero-order valence-corrected chi connectivity index (χ0v) is 22.0. The highest BCUT2D eigenvalue weighted by Gasteiger charge is 2.64. The number of primary amides is 1. The summed E-state index contributed by atoms with van der Waals surface area (Å²) in [6.07, 6.45) is -1.69. The van der Waals surface area contributed by atoms with E-state index in [1.54, 1.807) is 11.9 Å². The SMILES string of the molecule is CN(C1CC1)[C@@H]1C(O)=C(C(N)=O)C(=N)[C@@]2(O)C(=O)C3=C(O)c4c(O)cc(C5CCC=N5)c(C(F)(F)F)c4C[C@H]3C[C@@H]12. The number of aliphatic imine (C=N–C) groups is 1. The molecule has 2 saturated carbocycles. The van der Waals surface area contributed by atoms with Gasteiger partial charge >= 0.3 is 6.18 Å². The molecule has 6 rings (SSSR count). The minimum Gasteiger partial charge on any atom is -0.510 e. The topological polar surface area (TPSA) is 181 Å². The molecule has 5 atom stereocenters. The van der Waals surface area contributed by atoms with E-state index < -0.39 is 99.1 Å². The van der Waals surface area contributed by atoms with Gasteiger partial charge in [-0.05, 0) is 74.9 Å². The maximum atomic E-state index is 14.6. The summed E-state index contributed by atoms with van der Waals surface area (Å²) in [6, 6.07) is -1.11. The summed E-state index contributed by atoms with van der Waals surface area (Å²) >= 11 is 0. The van der Waals surface area contributed by atoms with Gasteiger partial charge in [-0.3, -0.25) is 19.5 Å². The molecule has 0 spiro atoms. The predicted octanol–water partition coefficient (Wildman–Crippen LogP) is 2.87. The zero-order chi connectivity index (χ0) is 29.8. The first kappa shape index (κ1) is 27.5. The predicted molar refractivity (Wildman–Crippen MR) is 140 cm³/mol. The van der Waals surface area contributed by atoms with Crippen molar-refractivity contribution in [2.24, 2.45) is 22.6 Å². The van der Waals surface area contributed by atoms with Gasteiger partial charge in [-0.25, -0.2) is 0 Å². The number of rotatable bonds is 4. The number of hydrogen-bond donors (Lipinski definition) is 6. The van der Waals surface area contributed by atoms with Crippen molar-refractivity contribution in [2.75, 3.05) is 7.05 Å². The van der Waals surface area contributed by atoms with Gasteiger partial charge < -0.3 is 31.6 Å². The van der Waals surface area contributed by atoms with Crippen molar-refractivity contribution >= 4 is 29.4 Å². The molecule has 1 aliphatic heterocycles. The van der Waals surface area contributed by atoms with Gasteiger partial charge in [0, 0.05) is 17.5 Å². The largest absolute Gasteiger partial charge is 0.510 e. The molecular formula is C28H29F3N4O6. The number of amides is 1. The van der Waals surface area contributed by atoms with Crippen molar-refractivity contribution in [3.05, 3.63) is 45.2 Å². The number of aliphatic hydroxyl groups is 3. The third-order valence-corrected chi connectivity index (χ3v) is 9.31. The third-order valence-electron chi connectivity index (χ3n) is 9.31. The van der Waals surface area contributed by atoms with Crippen LogP contribution in [0.3, 0.4) is 0 Å². The van der Waals surface area contributed by atoms with Crippen LogP contribution in [0.1, 0.15) is 60.4 Å². The summed E-state index contributed by atoms with van der Waals surface area (Å²) in [7, 11) is 1.63. The Hall–Kier alpha value is -3.71. The first-order valence-electron chi connectivity index (χ1n) is 13.4. The van der Waals surface area contributed by atoms with Crippen molar-refractivity contribution in [2.45, 2.75) is 68.4 Å². The van der Waals surface area contributed by atoms with Crippen LogP contribution in [0.4, 0.5) is 13.2 Å². The highest BCUT2D eigenvalue weighted by molar-refractivity contribution is 6.33. The summed E-state index contributed by atoms with van der Waals surface area (Å²) in [4.78, 5) is 32.1. The molecule has 0 saturated heterocycles. The minimum atomic E-state index is -4.87. The number of fused-ring (bicyclic) bond motifs is 3. The minimum absolute atomic E-state index is 0.0522. The molecule has 0 aromatic heterocycles. The number of aliphatic hydroxyl groups excluding tert-OH is 2. The number of aromatic hydroxyl groups is 1. The smallest absolute Gasteiger partial charge is 0.417 e. The molecule has 41 heavy (non-hydrogen) atoms. The maximum absolute atomic E-state index is 14.6. The lowest BCUT2D eigenvalue weighted by Crippen LogP contribution is -2.67. The van der Waals surface area contributed by atoms with E-state index in [1.807, 2.05) is 0 Å². The van der Waals surface area contributed by atoms with Crippen molar-refractivity contribution in [3.8, 4) is 5.75 Å². The van der Waals surface area contributed by atoms with E-state index in [0.717, 1.165) is 18.9 Å². The Morgan fingerprint density at radius 1 is 1.22 bits per heavy atom. The van der Waals surface area contributed by atoms with Crippen LogP contribution >= 0.6 is 0 Å². The van der Waals surface area contributed by atoms with Crippen molar-refractivity contribution in [1.29, 1.82) is 5.41 Å². The second-order valence-electron chi connectivity index (χ2n) is 11.6. The number of nitrogens with one attached hydrogen (secondary N) is 1. The van der Waals surface area contributed by atoms with E-state index in [-0.39, 0.29) is 23.6 Å². The first-order valence-corrected chi connectivity index (χ1v) is 13.4. The molecule has 1 unspecified atom stereocenters. The molecule has 13 heteroatoms. The normalized spacial score (nSPS) is 31.5. The van der Waals surface area contributed by atoms with Crippen LogP contribution < -0.4 is 5.73 Å². The van der Waals surface area contributed by atoms with Gasteiger partial charge in [0.05, 0.1) is 28.9 Å². The standard InChI is InChI=1S/C28H29F3N4O6/c1-35(11-4-5-11)21-14-8-10-7-13-18(16(36)9-12(15-3-2-6-34-15)20(13)28(29,30)31)22(37)17(10)25(39)27(14,41)24(32)19(23(21)38)26(33)40/h6,9-11,14-15,21,32,36-38,41H,2-5,7-8H2,1H3,(H2,33,40)/t10-,14-,15?,21-,27+/m0/s1.